The summed E-state index contributed by atoms with van der Waals surface area (Å²) in [5, 5.41) is 11.7. The Bertz CT molecular complexity index is 1060. The second-order valence-electron chi connectivity index (χ2n) is 5.31. The number of imidazole rings is 1. The summed E-state index contributed by atoms with van der Waals surface area (Å²) >= 11 is 1.14. The summed E-state index contributed by atoms with van der Waals surface area (Å²) in [7, 11) is 0. The van der Waals surface area contributed by atoms with Crippen molar-refractivity contribution in [3.63, 3.8) is 0 Å². The molecular weight excluding hydrogens is 365 g/mol. The van der Waals surface area contributed by atoms with Crippen molar-refractivity contribution in [2.75, 3.05) is 0 Å². The fourth-order valence-electron chi connectivity index (χ4n) is 2.58. The highest BCUT2D eigenvalue weighted by Crippen LogP contribution is 2.28. The zero-order valence-corrected chi connectivity index (χ0v) is 13.9. The lowest BCUT2D eigenvalue weighted by molar-refractivity contribution is 0.0722. The summed E-state index contributed by atoms with van der Waals surface area (Å²) in [6.45, 7) is -2.71. The van der Waals surface area contributed by atoms with Gasteiger partial charge in [0.15, 0.2) is 0 Å². The first-order chi connectivity index (χ1) is 12.6. The van der Waals surface area contributed by atoms with Gasteiger partial charge in [0.1, 0.15) is 11.6 Å². The lowest BCUT2D eigenvalue weighted by atomic mass is 10.3. The number of hydrogen-bond donors (Lipinski definition) is 0. The van der Waals surface area contributed by atoms with Crippen LogP contribution in [0.25, 0.3) is 16.7 Å². The van der Waals surface area contributed by atoms with Gasteiger partial charge in [-0.3, -0.25) is 4.57 Å². The van der Waals surface area contributed by atoms with E-state index in [-0.39, 0.29) is 11.6 Å². The zero-order chi connectivity index (χ0) is 18.1. The molecule has 132 valence electrons. The number of hydrogen-bond acceptors (Lipinski definition) is 5. The highest BCUT2D eigenvalue weighted by molar-refractivity contribution is 7.98. The summed E-state index contributed by atoms with van der Waals surface area (Å²) in [4.78, 5) is 4.27. The van der Waals surface area contributed by atoms with Crippen LogP contribution in [0.4, 0.5) is 13.2 Å². The molecule has 0 atom stereocenters. The van der Waals surface area contributed by atoms with E-state index >= 15 is 0 Å². The van der Waals surface area contributed by atoms with Gasteiger partial charge < -0.3 is 0 Å². The third kappa shape index (κ3) is 3.03. The van der Waals surface area contributed by atoms with Gasteiger partial charge in [0.05, 0.1) is 22.5 Å². The lowest BCUT2D eigenvalue weighted by Gasteiger charge is -2.07. The van der Waals surface area contributed by atoms with Gasteiger partial charge in [-0.2, -0.15) is 13.5 Å². The summed E-state index contributed by atoms with van der Waals surface area (Å²) < 4.78 is 42.6. The molecule has 6 nitrogen and oxygen atoms in total. The largest absolute Gasteiger partial charge is 0.320 e. The van der Waals surface area contributed by atoms with Crippen LogP contribution in [0.2, 0.25) is 0 Å². The van der Waals surface area contributed by atoms with E-state index in [9.17, 15) is 13.2 Å². The minimum Gasteiger partial charge on any atom is -0.269 e. The minimum atomic E-state index is -2.71. The van der Waals surface area contributed by atoms with Gasteiger partial charge in [-0.1, -0.05) is 30.0 Å². The number of tetrazole rings is 1. The summed E-state index contributed by atoms with van der Waals surface area (Å²) in [6.07, 6.45) is 0. The van der Waals surface area contributed by atoms with Crippen LogP contribution in [-0.4, -0.2) is 29.8 Å². The smallest absolute Gasteiger partial charge is 0.269 e. The molecule has 4 aromatic rings. The molecule has 2 aromatic carbocycles. The Balaban J connectivity index is 1.64. The third-order valence-corrected chi connectivity index (χ3v) is 4.60. The Kier molecular flexibility index (Phi) is 4.33. The number of fused-ring (bicyclic) bond motifs is 1. The fourth-order valence-corrected chi connectivity index (χ4v) is 3.40. The van der Waals surface area contributed by atoms with Crippen molar-refractivity contribution in [1.82, 2.24) is 29.8 Å². The molecule has 0 radical (unpaired) electrons. The SMILES string of the molecule is Fc1cccc(-n2nnnc2SCc2nc3ccccc3n2C(F)F)c1. The van der Waals surface area contributed by atoms with Crippen LogP contribution in [0.3, 0.4) is 0 Å². The van der Waals surface area contributed by atoms with Gasteiger partial charge in [0, 0.05) is 0 Å². The van der Waals surface area contributed by atoms with Crippen LogP contribution in [-0.2, 0) is 5.75 Å². The molecule has 0 bridgehead atoms. The predicted octanol–water partition coefficient (Wildman–Crippen LogP) is 3.84. The van der Waals surface area contributed by atoms with Gasteiger partial charge in [0.25, 0.3) is 0 Å². The number of rotatable bonds is 5. The van der Waals surface area contributed by atoms with Crippen molar-refractivity contribution >= 4 is 22.8 Å². The molecule has 10 heteroatoms. The van der Waals surface area contributed by atoms with Gasteiger partial charge in [-0.25, -0.2) is 9.37 Å². The first kappa shape index (κ1) is 16.6. The third-order valence-electron chi connectivity index (χ3n) is 3.69. The second-order valence-corrected chi connectivity index (χ2v) is 6.25. The van der Waals surface area contributed by atoms with Crippen LogP contribution in [0.5, 0.6) is 0 Å². The van der Waals surface area contributed by atoms with Gasteiger partial charge in [0.2, 0.25) is 5.16 Å². The van der Waals surface area contributed by atoms with E-state index in [1.165, 1.54) is 22.9 Å². The Morgan fingerprint density at radius 2 is 1.92 bits per heavy atom. The normalized spacial score (nSPS) is 11.5. The second kappa shape index (κ2) is 6.79. The standard InChI is InChI=1S/C16H11F3N6S/c17-10-4-3-5-11(8-10)25-16(21-22-23-25)26-9-14-20-12-6-1-2-7-13(12)24(14)15(18)19/h1-8,15H,9H2. The monoisotopic (exact) mass is 376 g/mol. The Labute approximate surface area is 149 Å². The number of thioether (sulfide) groups is 1. The maximum atomic E-state index is 13.5. The quantitative estimate of drug-likeness (QED) is 0.495. The average Bonchev–Trinajstić information content (AvgIpc) is 3.23. The van der Waals surface area contributed by atoms with Crippen LogP contribution < -0.4 is 0 Å². The van der Waals surface area contributed by atoms with Crippen LogP contribution in [0, 0.1) is 5.82 Å². The van der Waals surface area contributed by atoms with Crippen LogP contribution in [0.15, 0.2) is 53.7 Å². The van der Waals surface area contributed by atoms with E-state index in [1.54, 1.807) is 30.3 Å². The van der Waals surface area contributed by atoms with Crippen LogP contribution >= 0.6 is 11.8 Å². The van der Waals surface area contributed by atoms with Crippen LogP contribution in [0.1, 0.15) is 12.4 Å². The van der Waals surface area contributed by atoms with E-state index in [2.05, 4.69) is 20.5 Å². The Morgan fingerprint density at radius 1 is 1.08 bits per heavy atom. The molecule has 0 unspecified atom stereocenters. The fraction of sp³-hybridized carbons (Fsp3) is 0.125. The highest BCUT2D eigenvalue weighted by Gasteiger charge is 2.19. The first-order valence-electron chi connectivity index (χ1n) is 7.54. The maximum Gasteiger partial charge on any atom is 0.320 e. The number of aromatic nitrogens is 6. The predicted molar refractivity (Wildman–Crippen MR) is 89.7 cm³/mol. The Hall–Kier alpha value is -2.88. The zero-order valence-electron chi connectivity index (χ0n) is 13.1. The molecule has 2 heterocycles. The van der Waals surface area contributed by atoms with Gasteiger partial charge >= 0.3 is 6.55 Å². The van der Waals surface area contributed by atoms with Crippen molar-refractivity contribution < 1.29 is 13.2 Å². The molecule has 4 rings (SSSR count). The topological polar surface area (TPSA) is 61.4 Å². The molecule has 26 heavy (non-hydrogen) atoms. The van der Waals surface area contributed by atoms with Crippen molar-refractivity contribution in [1.29, 1.82) is 0 Å². The first-order valence-corrected chi connectivity index (χ1v) is 8.53. The van der Waals surface area contributed by atoms with E-state index in [4.69, 9.17) is 0 Å². The maximum absolute atomic E-state index is 13.5. The molecule has 2 aromatic heterocycles. The number of halogens is 3. The Morgan fingerprint density at radius 3 is 2.73 bits per heavy atom. The van der Waals surface area contributed by atoms with Crippen molar-refractivity contribution in [2.24, 2.45) is 0 Å². The van der Waals surface area contributed by atoms with Crippen molar-refractivity contribution in [3.05, 3.63) is 60.2 Å². The van der Waals surface area contributed by atoms with E-state index < -0.39 is 12.4 Å². The molecule has 0 aliphatic rings. The van der Waals surface area contributed by atoms with Crippen molar-refractivity contribution in [2.45, 2.75) is 17.5 Å². The van der Waals surface area contributed by atoms with E-state index in [1.807, 2.05) is 0 Å². The molecule has 0 amide bonds. The molecule has 0 saturated heterocycles. The molecule has 0 saturated carbocycles. The van der Waals surface area contributed by atoms with Gasteiger partial charge in [-0.05, 0) is 40.8 Å². The molecule has 0 aliphatic carbocycles. The number of benzene rings is 2. The average molecular weight is 376 g/mol. The summed E-state index contributed by atoms with van der Waals surface area (Å²) in [5.41, 5.74) is 1.30. The number of para-hydroxylation sites is 2. The highest BCUT2D eigenvalue weighted by atomic mass is 32.2. The number of nitrogens with zero attached hydrogens (tertiary/aromatic N) is 6. The van der Waals surface area contributed by atoms with E-state index in [0.29, 0.717) is 21.9 Å². The van der Waals surface area contributed by atoms with Gasteiger partial charge in [-0.15, -0.1) is 5.10 Å². The lowest BCUT2D eigenvalue weighted by Crippen LogP contribution is -2.04. The molecule has 0 aliphatic heterocycles. The summed E-state index contributed by atoms with van der Waals surface area (Å²) in [5.74, 6) is -0.0808. The molecule has 0 fully saturated rings. The molecular formula is C16H11F3N6S. The minimum absolute atomic E-state index is 0.134. The van der Waals surface area contributed by atoms with E-state index in [0.717, 1.165) is 16.3 Å². The molecule has 0 spiro atoms. The number of alkyl halides is 2. The van der Waals surface area contributed by atoms with Crippen molar-refractivity contribution in [3.8, 4) is 5.69 Å². The molecule has 0 N–H and O–H groups in total. The summed E-state index contributed by atoms with van der Waals surface area (Å²) in [6, 6.07) is 12.5.